The van der Waals surface area contributed by atoms with Crippen molar-refractivity contribution in [3.63, 3.8) is 0 Å². The molecule has 0 aliphatic rings. The molecular formula is C10H13N3OS2. The largest absolute Gasteiger partial charge is 0.350 e. The number of amides is 1. The number of nitrogens with zero attached hydrogens (tertiary/aromatic N) is 1. The van der Waals surface area contributed by atoms with Gasteiger partial charge < -0.3 is 11.1 Å². The number of nitrogens with two attached hydrogens (primary N) is 1. The van der Waals surface area contributed by atoms with Crippen LogP contribution in [0, 0.1) is 12.3 Å². The van der Waals surface area contributed by atoms with E-state index < -0.39 is 0 Å². The molecule has 0 radical (unpaired) electrons. The fourth-order valence-corrected chi connectivity index (χ4v) is 2.13. The summed E-state index contributed by atoms with van der Waals surface area (Å²) < 4.78 is 0. The molecule has 4 nitrogen and oxygen atoms in total. The van der Waals surface area contributed by atoms with Crippen LogP contribution in [-0.2, 0) is 6.54 Å². The molecule has 1 heterocycles. The lowest BCUT2D eigenvalue weighted by Gasteiger charge is -2.01. The van der Waals surface area contributed by atoms with Crippen molar-refractivity contribution in [3.05, 3.63) is 16.1 Å². The van der Waals surface area contributed by atoms with Crippen LogP contribution in [0.3, 0.4) is 0 Å². The van der Waals surface area contributed by atoms with E-state index in [1.165, 1.54) is 11.3 Å². The van der Waals surface area contributed by atoms with Gasteiger partial charge in [0.2, 0.25) is 0 Å². The number of rotatable bonds is 6. The number of carbonyl (C=O) groups is 1. The molecule has 6 heteroatoms. The summed E-state index contributed by atoms with van der Waals surface area (Å²) in [6.45, 7) is 0.969. The van der Waals surface area contributed by atoms with Gasteiger partial charge in [0.05, 0.1) is 5.75 Å². The minimum atomic E-state index is -0.155. The van der Waals surface area contributed by atoms with Gasteiger partial charge >= 0.3 is 0 Å². The van der Waals surface area contributed by atoms with Crippen molar-refractivity contribution in [3.8, 4) is 12.3 Å². The Morgan fingerprint density at radius 1 is 1.75 bits per heavy atom. The van der Waals surface area contributed by atoms with Crippen LogP contribution < -0.4 is 11.1 Å². The first-order valence-electron chi connectivity index (χ1n) is 4.71. The van der Waals surface area contributed by atoms with Crippen molar-refractivity contribution in [2.45, 2.75) is 6.54 Å². The number of thioether (sulfide) groups is 1. The fourth-order valence-electron chi connectivity index (χ4n) is 0.967. The van der Waals surface area contributed by atoms with Crippen molar-refractivity contribution in [2.75, 3.05) is 18.1 Å². The smallest absolute Gasteiger partial charge is 0.270 e. The zero-order valence-electron chi connectivity index (χ0n) is 8.73. The van der Waals surface area contributed by atoms with Gasteiger partial charge in [0.25, 0.3) is 5.91 Å². The van der Waals surface area contributed by atoms with E-state index in [0.717, 1.165) is 10.8 Å². The lowest BCUT2D eigenvalue weighted by molar-refractivity contribution is 0.0952. The molecule has 0 saturated heterocycles. The van der Waals surface area contributed by atoms with Gasteiger partial charge in [-0.2, -0.15) is 0 Å². The van der Waals surface area contributed by atoms with Crippen LogP contribution in [0.25, 0.3) is 0 Å². The predicted molar refractivity (Wildman–Crippen MR) is 68.5 cm³/mol. The van der Waals surface area contributed by atoms with E-state index in [1.807, 2.05) is 0 Å². The van der Waals surface area contributed by atoms with Gasteiger partial charge in [0.1, 0.15) is 10.7 Å². The number of thiazole rings is 1. The highest BCUT2D eigenvalue weighted by Crippen LogP contribution is 2.08. The highest BCUT2D eigenvalue weighted by atomic mass is 32.2. The molecule has 0 saturated carbocycles. The standard InChI is InChI=1S/C10H13N3OS2/c1-2-4-15-5-3-12-10(14)8-7-16-9(6-11)13-8/h1,7H,3-6,11H2,(H,12,14). The van der Waals surface area contributed by atoms with E-state index in [2.05, 4.69) is 16.2 Å². The second-order valence-corrected chi connectivity index (χ2v) is 4.89. The maximum Gasteiger partial charge on any atom is 0.270 e. The van der Waals surface area contributed by atoms with Gasteiger partial charge in [-0.05, 0) is 0 Å². The Hall–Kier alpha value is -1.03. The monoisotopic (exact) mass is 255 g/mol. The highest BCUT2D eigenvalue weighted by Gasteiger charge is 2.08. The zero-order valence-corrected chi connectivity index (χ0v) is 10.4. The molecule has 0 bridgehead atoms. The third-order valence-electron chi connectivity index (χ3n) is 1.68. The SMILES string of the molecule is C#CCSCCNC(=O)c1csc(CN)n1. The first-order valence-corrected chi connectivity index (χ1v) is 6.75. The minimum absolute atomic E-state index is 0.155. The molecule has 0 aliphatic heterocycles. The van der Waals surface area contributed by atoms with Crippen LogP contribution >= 0.6 is 23.1 Å². The van der Waals surface area contributed by atoms with E-state index in [-0.39, 0.29) is 5.91 Å². The molecule has 86 valence electrons. The number of carbonyl (C=O) groups excluding carboxylic acids is 1. The summed E-state index contributed by atoms with van der Waals surface area (Å²) in [5.74, 6) is 3.85. The number of nitrogens with one attached hydrogen (secondary N) is 1. The average molecular weight is 255 g/mol. The first-order chi connectivity index (χ1) is 7.77. The predicted octanol–water partition coefficient (Wildman–Crippen LogP) is 0.698. The maximum absolute atomic E-state index is 11.5. The van der Waals surface area contributed by atoms with Crippen molar-refractivity contribution < 1.29 is 4.79 Å². The average Bonchev–Trinajstić information content (AvgIpc) is 2.77. The lowest BCUT2D eigenvalue weighted by Crippen LogP contribution is -2.26. The second kappa shape index (κ2) is 7.28. The number of aromatic nitrogens is 1. The summed E-state index contributed by atoms with van der Waals surface area (Å²) >= 11 is 3.01. The molecule has 0 unspecified atom stereocenters. The van der Waals surface area contributed by atoms with Gasteiger partial charge in [0, 0.05) is 24.2 Å². The van der Waals surface area contributed by atoms with Crippen molar-refractivity contribution in [1.29, 1.82) is 0 Å². The summed E-state index contributed by atoms with van der Waals surface area (Å²) in [6.07, 6.45) is 5.10. The molecule has 0 spiro atoms. The molecule has 0 aliphatic carbocycles. The first kappa shape index (κ1) is 13.0. The van der Waals surface area contributed by atoms with Crippen LogP contribution in [0.4, 0.5) is 0 Å². The van der Waals surface area contributed by atoms with Gasteiger partial charge in [-0.3, -0.25) is 4.79 Å². The Bertz CT molecular complexity index is 384. The van der Waals surface area contributed by atoms with E-state index >= 15 is 0 Å². The zero-order chi connectivity index (χ0) is 11.8. The highest BCUT2D eigenvalue weighted by molar-refractivity contribution is 7.99. The summed E-state index contributed by atoms with van der Waals surface area (Å²) in [4.78, 5) is 15.6. The molecule has 16 heavy (non-hydrogen) atoms. The summed E-state index contributed by atoms with van der Waals surface area (Å²) in [7, 11) is 0. The third-order valence-corrected chi connectivity index (χ3v) is 3.41. The Kier molecular flexibility index (Phi) is 5.93. The van der Waals surface area contributed by atoms with Crippen LogP contribution in [-0.4, -0.2) is 28.9 Å². The molecular weight excluding hydrogens is 242 g/mol. The molecule has 1 amide bonds. The number of hydrogen-bond donors (Lipinski definition) is 2. The number of terminal acetylenes is 1. The van der Waals surface area contributed by atoms with Crippen LogP contribution in [0.15, 0.2) is 5.38 Å². The summed E-state index contributed by atoms with van der Waals surface area (Å²) in [5, 5.41) is 5.25. The van der Waals surface area contributed by atoms with Gasteiger partial charge in [-0.15, -0.1) is 29.5 Å². The molecule has 3 N–H and O–H groups in total. The molecule has 1 aromatic rings. The fraction of sp³-hybridized carbons (Fsp3) is 0.400. The minimum Gasteiger partial charge on any atom is -0.350 e. The van der Waals surface area contributed by atoms with Gasteiger partial charge in [-0.1, -0.05) is 5.92 Å². The van der Waals surface area contributed by atoms with Gasteiger partial charge in [-0.25, -0.2) is 4.98 Å². The Labute approximate surface area is 103 Å². The normalized spacial score (nSPS) is 9.75. The van der Waals surface area contributed by atoms with E-state index in [4.69, 9.17) is 12.2 Å². The molecule has 0 aromatic carbocycles. The molecule has 0 atom stereocenters. The molecule has 0 fully saturated rings. The second-order valence-electron chi connectivity index (χ2n) is 2.84. The van der Waals surface area contributed by atoms with Crippen LogP contribution in [0.5, 0.6) is 0 Å². The Morgan fingerprint density at radius 3 is 3.19 bits per heavy atom. The van der Waals surface area contributed by atoms with E-state index in [1.54, 1.807) is 17.1 Å². The lowest BCUT2D eigenvalue weighted by atomic mass is 10.4. The summed E-state index contributed by atoms with van der Waals surface area (Å²) in [5.41, 5.74) is 5.85. The quantitative estimate of drug-likeness (QED) is 0.580. The Morgan fingerprint density at radius 2 is 2.56 bits per heavy atom. The maximum atomic E-state index is 11.5. The summed E-state index contributed by atoms with van der Waals surface area (Å²) in [6, 6.07) is 0. The Balaban J connectivity index is 2.27. The van der Waals surface area contributed by atoms with E-state index in [0.29, 0.717) is 24.5 Å². The third kappa shape index (κ3) is 4.23. The van der Waals surface area contributed by atoms with Gasteiger partial charge in [0.15, 0.2) is 0 Å². The van der Waals surface area contributed by atoms with Crippen LogP contribution in [0.1, 0.15) is 15.5 Å². The topological polar surface area (TPSA) is 68.0 Å². The molecule has 1 aromatic heterocycles. The van der Waals surface area contributed by atoms with Crippen LogP contribution in [0.2, 0.25) is 0 Å². The molecule has 1 rings (SSSR count). The van der Waals surface area contributed by atoms with Crippen molar-refractivity contribution in [1.82, 2.24) is 10.3 Å². The number of hydrogen-bond acceptors (Lipinski definition) is 5. The van der Waals surface area contributed by atoms with Crippen molar-refractivity contribution >= 4 is 29.0 Å². The van der Waals surface area contributed by atoms with E-state index in [9.17, 15) is 4.79 Å². The van der Waals surface area contributed by atoms with Crippen molar-refractivity contribution in [2.24, 2.45) is 5.73 Å².